The molecule has 2 aliphatic heterocycles. The third-order valence-electron chi connectivity index (χ3n) is 9.10. The molecule has 2 aromatic heterocycles. The molecule has 2 saturated heterocycles. The second kappa shape index (κ2) is 16.0. The average Bonchev–Trinajstić information content (AvgIpc) is 3.75. The molecule has 12 heteroatoms. The predicted octanol–water partition coefficient (Wildman–Crippen LogP) is 4.75. The molecule has 12 nitrogen and oxygen atoms in total. The van der Waals surface area contributed by atoms with Crippen molar-refractivity contribution in [3.63, 3.8) is 0 Å². The zero-order chi connectivity index (χ0) is 35.0. The molecule has 2 aromatic carbocycles. The summed E-state index contributed by atoms with van der Waals surface area (Å²) in [6.45, 7) is 6.56. The molecule has 4 aromatic rings. The minimum absolute atomic E-state index is 0.231. The van der Waals surface area contributed by atoms with Crippen LogP contribution < -0.4 is 29.6 Å². The van der Waals surface area contributed by atoms with E-state index in [1.165, 1.54) is 0 Å². The van der Waals surface area contributed by atoms with Crippen molar-refractivity contribution < 1.29 is 38.0 Å². The summed E-state index contributed by atoms with van der Waals surface area (Å²) in [5.74, 6) is 1.31. The van der Waals surface area contributed by atoms with Crippen LogP contribution in [0.15, 0.2) is 60.7 Å². The van der Waals surface area contributed by atoms with E-state index in [-0.39, 0.29) is 24.0 Å². The number of pyridine rings is 2. The molecule has 0 spiro atoms. The zero-order valence-electron chi connectivity index (χ0n) is 28.7. The fourth-order valence-electron chi connectivity index (χ4n) is 6.08. The van der Waals surface area contributed by atoms with Gasteiger partial charge in [0.1, 0.15) is 25.3 Å². The summed E-state index contributed by atoms with van der Waals surface area (Å²) in [5.41, 5.74) is 8.13. The van der Waals surface area contributed by atoms with Crippen LogP contribution >= 0.6 is 0 Å². The van der Waals surface area contributed by atoms with Crippen molar-refractivity contribution in [1.82, 2.24) is 20.6 Å². The number of cyclic esters (lactones) is 2. The van der Waals surface area contributed by atoms with Gasteiger partial charge in [0.25, 0.3) is 0 Å². The number of hydrogen-bond acceptors (Lipinski definition) is 12. The number of rotatable bonds is 15. The van der Waals surface area contributed by atoms with Gasteiger partial charge >= 0.3 is 11.9 Å². The molecule has 2 aliphatic rings. The summed E-state index contributed by atoms with van der Waals surface area (Å²) < 4.78 is 33.3. The van der Waals surface area contributed by atoms with Gasteiger partial charge in [-0.15, -0.1) is 0 Å². The van der Waals surface area contributed by atoms with E-state index >= 15 is 0 Å². The molecule has 50 heavy (non-hydrogen) atoms. The highest BCUT2D eigenvalue weighted by atomic mass is 16.5. The molecule has 0 saturated carbocycles. The highest BCUT2D eigenvalue weighted by Gasteiger charge is 2.27. The van der Waals surface area contributed by atoms with E-state index in [0.29, 0.717) is 75.9 Å². The number of ether oxygens (including phenoxy) is 6. The Morgan fingerprint density at radius 3 is 1.46 bits per heavy atom. The average molecular weight is 683 g/mol. The molecule has 2 fully saturated rings. The Labute approximate surface area is 291 Å². The lowest BCUT2D eigenvalue weighted by atomic mass is 9.92. The molecule has 262 valence electrons. The smallest absolute Gasteiger partial charge is 0.323 e. The summed E-state index contributed by atoms with van der Waals surface area (Å²) in [4.78, 5) is 32.7. The number of nitrogens with zero attached hydrogens (tertiary/aromatic N) is 2. The first-order chi connectivity index (χ1) is 24.3. The maximum atomic E-state index is 11.8. The van der Waals surface area contributed by atoms with E-state index in [9.17, 15) is 9.59 Å². The van der Waals surface area contributed by atoms with Gasteiger partial charge in [-0.2, -0.15) is 9.97 Å². The van der Waals surface area contributed by atoms with Gasteiger partial charge in [-0.25, -0.2) is 0 Å². The van der Waals surface area contributed by atoms with Crippen LogP contribution in [0.2, 0.25) is 0 Å². The lowest BCUT2D eigenvalue weighted by molar-refractivity contribution is -0.140. The molecule has 2 atom stereocenters. The highest BCUT2D eigenvalue weighted by Crippen LogP contribution is 2.32. The van der Waals surface area contributed by atoms with E-state index in [0.717, 1.165) is 44.5 Å². The van der Waals surface area contributed by atoms with Gasteiger partial charge in [0.2, 0.25) is 23.5 Å². The van der Waals surface area contributed by atoms with Crippen molar-refractivity contribution in [3.8, 4) is 34.6 Å². The second-order valence-corrected chi connectivity index (χ2v) is 12.2. The number of benzene rings is 2. The first kappa shape index (κ1) is 34.7. The van der Waals surface area contributed by atoms with E-state index in [2.05, 4.69) is 58.7 Å². The standard InChI is InChI=1S/C38H42N4O8/c1-23-27(21-49-33-13-11-25(35(41-33)45-3)19-39-31-15-17-47-37(31)43)7-5-9-29(23)30-10-6-8-28(24(30)2)22-50-34-14-12-26(36(42-34)46-4)20-40-32-16-18-48-38(32)44/h5-14,31-32,39-40H,15-22H2,1-4H3. The fourth-order valence-corrected chi connectivity index (χ4v) is 6.08. The van der Waals surface area contributed by atoms with Crippen molar-refractivity contribution in [3.05, 3.63) is 94.0 Å². The minimum Gasteiger partial charge on any atom is -0.481 e. The number of carbonyl (C=O) groups is 2. The van der Waals surface area contributed by atoms with Crippen molar-refractivity contribution in [1.29, 1.82) is 0 Å². The Kier molecular flexibility index (Phi) is 11.1. The Balaban J connectivity index is 1.09. The first-order valence-electron chi connectivity index (χ1n) is 16.7. The van der Waals surface area contributed by atoms with Crippen molar-refractivity contribution in [2.45, 2.75) is 65.1 Å². The molecule has 0 amide bonds. The monoisotopic (exact) mass is 682 g/mol. The van der Waals surface area contributed by atoms with E-state index in [4.69, 9.17) is 28.4 Å². The van der Waals surface area contributed by atoms with Crippen LogP contribution in [0.4, 0.5) is 0 Å². The van der Waals surface area contributed by atoms with Crippen LogP contribution in [0.25, 0.3) is 11.1 Å². The maximum Gasteiger partial charge on any atom is 0.323 e. The zero-order valence-corrected chi connectivity index (χ0v) is 28.7. The highest BCUT2D eigenvalue weighted by molar-refractivity contribution is 5.78. The predicted molar refractivity (Wildman–Crippen MR) is 184 cm³/mol. The van der Waals surface area contributed by atoms with Gasteiger partial charge in [0.15, 0.2) is 0 Å². The van der Waals surface area contributed by atoms with Gasteiger partial charge < -0.3 is 28.4 Å². The van der Waals surface area contributed by atoms with Crippen molar-refractivity contribution >= 4 is 11.9 Å². The number of methoxy groups -OCH3 is 2. The van der Waals surface area contributed by atoms with Gasteiger partial charge in [0.05, 0.1) is 27.4 Å². The normalized spacial score (nSPS) is 17.0. The van der Waals surface area contributed by atoms with Crippen LogP contribution in [-0.4, -0.2) is 61.4 Å². The van der Waals surface area contributed by atoms with E-state index < -0.39 is 0 Å². The molecule has 0 aliphatic carbocycles. The van der Waals surface area contributed by atoms with Crippen LogP contribution in [-0.2, 0) is 45.4 Å². The number of hydrogen-bond donors (Lipinski definition) is 2. The number of nitrogens with one attached hydrogen (secondary N) is 2. The lowest BCUT2D eigenvalue weighted by Crippen LogP contribution is -2.32. The molecule has 2 N–H and O–H groups in total. The molecule has 0 bridgehead atoms. The van der Waals surface area contributed by atoms with Crippen LogP contribution in [0.5, 0.6) is 23.5 Å². The van der Waals surface area contributed by atoms with Gasteiger partial charge in [-0.05, 0) is 59.4 Å². The second-order valence-electron chi connectivity index (χ2n) is 12.2. The molecule has 6 rings (SSSR count). The number of aromatic nitrogens is 2. The summed E-state index contributed by atoms with van der Waals surface area (Å²) in [7, 11) is 3.13. The van der Waals surface area contributed by atoms with E-state index in [1.807, 2.05) is 36.4 Å². The van der Waals surface area contributed by atoms with Crippen LogP contribution in [0, 0.1) is 13.8 Å². The van der Waals surface area contributed by atoms with Crippen LogP contribution in [0.1, 0.15) is 46.2 Å². The summed E-state index contributed by atoms with van der Waals surface area (Å²) in [6.07, 6.45) is 1.30. The lowest BCUT2D eigenvalue weighted by Gasteiger charge is -2.17. The molecule has 4 heterocycles. The van der Waals surface area contributed by atoms with Crippen molar-refractivity contribution in [2.75, 3.05) is 27.4 Å². The number of esters is 2. The SMILES string of the molecule is COc1nc(OCc2cccc(-c3cccc(COc4ccc(CNC5CCOC5=O)c(OC)n4)c3C)c2C)ccc1CNC1CCOC1=O. The largest absolute Gasteiger partial charge is 0.481 e. The Hall–Kier alpha value is -5.20. The molecule has 2 unspecified atom stereocenters. The molecular weight excluding hydrogens is 640 g/mol. The third-order valence-corrected chi connectivity index (χ3v) is 9.10. The number of carbonyl (C=O) groups excluding carboxylic acids is 2. The summed E-state index contributed by atoms with van der Waals surface area (Å²) in [5, 5.41) is 6.42. The van der Waals surface area contributed by atoms with E-state index in [1.54, 1.807) is 14.2 Å². The Morgan fingerprint density at radius 1 is 0.640 bits per heavy atom. The minimum atomic E-state index is -0.317. The first-order valence-corrected chi connectivity index (χ1v) is 16.7. The fraction of sp³-hybridized carbons (Fsp3) is 0.368. The van der Waals surface area contributed by atoms with Gasteiger partial charge in [-0.3, -0.25) is 20.2 Å². The quantitative estimate of drug-likeness (QED) is 0.167. The summed E-state index contributed by atoms with van der Waals surface area (Å²) in [6, 6.07) is 19.1. The van der Waals surface area contributed by atoms with Gasteiger partial charge in [-0.1, -0.05) is 36.4 Å². The molecular formula is C38H42N4O8. The Bertz CT molecular complexity index is 1710. The van der Waals surface area contributed by atoms with Gasteiger partial charge in [0, 0.05) is 49.2 Å². The Morgan fingerprint density at radius 2 is 1.08 bits per heavy atom. The topological polar surface area (TPSA) is 139 Å². The van der Waals surface area contributed by atoms with Crippen LogP contribution in [0.3, 0.4) is 0 Å². The van der Waals surface area contributed by atoms with Crippen molar-refractivity contribution in [2.24, 2.45) is 0 Å². The third kappa shape index (κ3) is 7.98. The summed E-state index contributed by atoms with van der Waals surface area (Å²) >= 11 is 0. The molecule has 0 radical (unpaired) electrons. The maximum absolute atomic E-state index is 11.8.